The summed E-state index contributed by atoms with van der Waals surface area (Å²) in [6.45, 7) is 3.46. The van der Waals surface area contributed by atoms with Crippen molar-refractivity contribution in [1.82, 2.24) is 0 Å². The van der Waals surface area contributed by atoms with Gasteiger partial charge in [-0.25, -0.2) is 4.39 Å². The summed E-state index contributed by atoms with van der Waals surface area (Å²) in [5.41, 5.74) is 0.151. The van der Waals surface area contributed by atoms with Gasteiger partial charge in [-0.05, 0) is 18.0 Å². The summed E-state index contributed by atoms with van der Waals surface area (Å²) in [7, 11) is 0. The lowest BCUT2D eigenvalue weighted by Gasteiger charge is -2.07. The van der Waals surface area contributed by atoms with Crippen LogP contribution in [0.15, 0.2) is 18.1 Å². The maximum absolute atomic E-state index is 13.5. The van der Waals surface area contributed by atoms with Crippen LogP contribution in [0.4, 0.5) is 4.39 Å². The van der Waals surface area contributed by atoms with Crippen LogP contribution in [-0.2, 0) is 0 Å². The molecule has 1 rings (SSSR count). The molecule has 0 radical (unpaired) electrons. The first-order valence-electron chi connectivity index (χ1n) is 4.82. The van der Waals surface area contributed by atoms with Crippen molar-refractivity contribution in [2.45, 2.75) is 19.8 Å². The monoisotopic (exact) mass is 175 g/mol. The second kappa shape index (κ2) is 3.22. The zero-order chi connectivity index (χ0) is 11.0. The Kier molecular flexibility index (Phi) is 1.51. The van der Waals surface area contributed by atoms with Crippen LogP contribution in [0, 0.1) is 5.82 Å². The van der Waals surface area contributed by atoms with Crippen LogP contribution in [0.25, 0.3) is 0 Å². The maximum atomic E-state index is 13.5. The molecule has 1 aromatic carbocycles. The van der Waals surface area contributed by atoms with E-state index >= 15 is 0 Å². The molecule has 0 bridgehead atoms. The minimum atomic E-state index is -0.786. The Hall–Kier alpha value is -0.560. The molecule has 0 aliphatic carbocycles. The molecule has 0 saturated heterocycles. The molecule has 0 unspecified atom stereocenters. The van der Waals surface area contributed by atoms with Gasteiger partial charge in [-0.15, -0.1) is 0 Å². The fourth-order valence-electron chi connectivity index (χ4n) is 0.879. The van der Waals surface area contributed by atoms with Crippen molar-refractivity contribution >= 4 is 11.6 Å². The van der Waals surface area contributed by atoms with E-state index in [-0.39, 0.29) is 22.5 Å². The fraction of sp³-hybridized carbons (Fsp3) is 0.333. The molecule has 0 aromatic heterocycles. The second-order valence-electron chi connectivity index (χ2n) is 2.57. The molecule has 0 N–H and O–H groups in total. The van der Waals surface area contributed by atoms with Crippen molar-refractivity contribution in [3.8, 4) is 0 Å². The van der Waals surface area contributed by atoms with Gasteiger partial charge < -0.3 is 0 Å². The third kappa shape index (κ3) is 1.72. The third-order valence-corrected chi connectivity index (χ3v) is 1.69. The van der Waals surface area contributed by atoms with Crippen molar-refractivity contribution in [2.75, 3.05) is 0 Å². The summed E-state index contributed by atoms with van der Waals surface area (Å²) in [6, 6.07) is -1.29. The first-order valence-corrected chi connectivity index (χ1v) is 3.70. The Balaban J connectivity index is 3.60. The Morgan fingerprint density at radius 3 is 2.73 bits per heavy atom. The van der Waals surface area contributed by atoms with Gasteiger partial charge >= 0.3 is 0 Å². The SMILES string of the molecule is [2H]c1c([2H])c(F)c(C(C)C)c(Cl)c1[2H]. The summed E-state index contributed by atoms with van der Waals surface area (Å²) >= 11 is 5.74. The summed E-state index contributed by atoms with van der Waals surface area (Å²) in [6.07, 6.45) is 0. The van der Waals surface area contributed by atoms with Crippen molar-refractivity contribution in [1.29, 1.82) is 0 Å². The van der Waals surface area contributed by atoms with Gasteiger partial charge in [-0.1, -0.05) is 31.5 Å². The van der Waals surface area contributed by atoms with Crippen LogP contribution in [0.2, 0.25) is 5.02 Å². The van der Waals surface area contributed by atoms with Crippen LogP contribution in [-0.4, -0.2) is 0 Å². The van der Waals surface area contributed by atoms with Crippen molar-refractivity contribution in [2.24, 2.45) is 0 Å². The molecule has 2 heteroatoms. The molecule has 11 heavy (non-hydrogen) atoms. The summed E-state index contributed by atoms with van der Waals surface area (Å²) in [5.74, 6) is -0.984. The van der Waals surface area contributed by atoms with E-state index in [0.29, 0.717) is 0 Å². The average Bonchev–Trinajstić information content (AvgIpc) is 2.11. The molecule has 0 aliphatic heterocycles. The van der Waals surface area contributed by atoms with Gasteiger partial charge in [0.05, 0.1) is 4.11 Å². The Morgan fingerprint density at radius 2 is 2.18 bits per heavy atom. The van der Waals surface area contributed by atoms with Crippen molar-refractivity contribution in [3.63, 3.8) is 0 Å². The lowest BCUT2D eigenvalue weighted by atomic mass is 10.0. The normalized spacial score (nSPS) is 14.5. The lowest BCUT2D eigenvalue weighted by molar-refractivity contribution is 0.598. The number of halogens is 2. The highest BCUT2D eigenvalue weighted by molar-refractivity contribution is 6.31. The van der Waals surface area contributed by atoms with Gasteiger partial charge in [-0.3, -0.25) is 0 Å². The minimum Gasteiger partial charge on any atom is -0.207 e. The topological polar surface area (TPSA) is 0 Å². The molecule has 1 aromatic rings. The molecule has 60 valence electrons. The van der Waals surface area contributed by atoms with Crippen LogP contribution in [0.3, 0.4) is 0 Å². The van der Waals surface area contributed by atoms with E-state index < -0.39 is 17.9 Å². The quantitative estimate of drug-likeness (QED) is 0.612. The molecule has 0 spiro atoms. The molecule has 0 nitrogen and oxygen atoms in total. The van der Waals surface area contributed by atoms with E-state index in [1.807, 2.05) is 0 Å². The van der Waals surface area contributed by atoms with E-state index in [4.69, 9.17) is 15.7 Å². The molecular formula is C9H10ClF. The fourth-order valence-corrected chi connectivity index (χ4v) is 1.23. The molecule has 0 saturated carbocycles. The number of hydrogen-bond donors (Lipinski definition) is 0. The lowest BCUT2D eigenvalue weighted by Crippen LogP contribution is -1.93. The number of benzene rings is 1. The van der Waals surface area contributed by atoms with Gasteiger partial charge in [-0.2, -0.15) is 0 Å². The predicted molar refractivity (Wildman–Crippen MR) is 45.5 cm³/mol. The van der Waals surface area contributed by atoms with Gasteiger partial charge in [0.1, 0.15) is 5.82 Å². The Bertz CT molecular complexity index is 348. The van der Waals surface area contributed by atoms with E-state index in [0.717, 1.165) is 0 Å². The Labute approximate surface area is 75.2 Å². The van der Waals surface area contributed by atoms with Crippen molar-refractivity contribution < 1.29 is 8.50 Å². The molecule has 0 atom stereocenters. The minimum absolute atomic E-state index is 0.0569. The molecule has 0 amide bonds. The Morgan fingerprint density at radius 1 is 1.55 bits per heavy atom. The van der Waals surface area contributed by atoms with Gasteiger partial charge in [0.2, 0.25) is 0 Å². The van der Waals surface area contributed by atoms with Crippen LogP contribution < -0.4 is 0 Å². The standard InChI is InChI=1S/C9H10ClF/c1-6(2)9-7(10)4-3-5-8(9)11/h3-6H,1-2H3/i3D,4D,5D. The summed E-state index contributed by atoms with van der Waals surface area (Å²) < 4.78 is 35.4. The van der Waals surface area contributed by atoms with Gasteiger partial charge in [0, 0.05) is 10.6 Å². The zero-order valence-electron chi connectivity index (χ0n) is 9.33. The van der Waals surface area contributed by atoms with E-state index in [1.54, 1.807) is 13.8 Å². The van der Waals surface area contributed by atoms with Crippen LogP contribution in [0.1, 0.15) is 29.4 Å². The predicted octanol–water partition coefficient (Wildman–Crippen LogP) is 3.60. The highest BCUT2D eigenvalue weighted by Crippen LogP contribution is 2.26. The van der Waals surface area contributed by atoms with Crippen LogP contribution in [0.5, 0.6) is 0 Å². The number of rotatable bonds is 1. The van der Waals surface area contributed by atoms with Gasteiger partial charge in [0.25, 0.3) is 0 Å². The summed E-state index contributed by atoms with van der Waals surface area (Å²) in [4.78, 5) is 0. The van der Waals surface area contributed by atoms with E-state index in [1.165, 1.54) is 0 Å². The number of hydrogen-bond acceptors (Lipinski definition) is 0. The zero-order valence-corrected chi connectivity index (χ0v) is 7.09. The highest BCUT2D eigenvalue weighted by Gasteiger charge is 2.09. The largest absolute Gasteiger partial charge is 0.207 e. The molecule has 0 heterocycles. The van der Waals surface area contributed by atoms with Gasteiger partial charge in [0.15, 0.2) is 0 Å². The smallest absolute Gasteiger partial charge is 0.128 e. The molecular weight excluding hydrogens is 163 g/mol. The van der Waals surface area contributed by atoms with E-state index in [9.17, 15) is 4.39 Å². The van der Waals surface area contributed by atoms with E-state index in [2.05, 4.69) is 0 Å². The van der Waals surface area contributed by atoms with Crippen molar-refractivity contribution in [3.05, 3.63) is 34.5 Å². The first kappa shape index (κ1) is 5.15. The average molecular weight is 176 g/mol. The molecule has 0 fully saturated rings. The molecule has 0 aliphatic rings. The second-order valence-corrected chi connectivity index (χ2v) is 2.95. The third-order valence-electron chi connectivity index (χ3n) is 1.39. The first-order chi connectivity index (χ1) is 6.37. The van der Waals surface area contributed by atoms with Crippen LogP contribution >= 0.6 is 11.6 Å². The summed E-state index contributed by atoms with van der Waals surface area (Å²) in [5, 5.41) is -0.0569. The highest BCUT2D eigenvalue weighted by atomic mass is 35.5. The maximum Gasteiger partial charge on any atom is 0.128 e.